The van der Waals surface area contributed by atoms with Crippen LogP contribution in [0.2, 0.25) is 0 Å². The zero-order valence-electron chi connectivity index (χ0n) is 16.0. The summed E-state index contributed by atoms with van der Waals surface area (Å²) in [6, 6.07) is 12.5. The summed E-state index contributed by atoms with van der Waals surface area (Å²) < 4.78 is 37.9. The van der Waals surface area contributed by atoms with E-state index in [1.165, 1.54) is 23.4 Å². The number of benzene rings is 2. The Hall–Kier alpha value is -2.70. The summed E-state index contributed by atoms with van der Waals surface area (Å²) in [5.74, 6) is 0.414. The van der Waals surface area contributed by atoms with Gasteiger partial charge in [0.25, 0.3) is 0 Å². The number of nitrogens with zero attached hydrogens (tertiary/aromatic N) is 2. The van der Waals surface area contributed by atoms with Crippen LogP contribution in [0, 0.1) is 0 Å². The number of carbonyl (C=O) groups is 1. The highest BCUT2D eigenvalue weighted by Gasteiger charge is 2.30. The molecule has 2 aromatic rings. The first-order valence-electron chi connectivity index (χ1n) is 9.33. The number of para-hydroxylation sites is 1. The summed E-state index contributed by atoms with van der Waals surface area (Å²) in [5, 5.41) is 2.68. The fourth-order valence-electron chi connectivity index (χ4n) is 3.36. The van der Waals surface area contributed by atoms with Crippen LogP contribution < -0.4 is 10.2 Å². The second kappa shape index (κ2) is 8.12. The lowest BCUT2D eigenvalue weighted by Crippen LogP contribution is -2.50. The summed E-state index contributed by atoms with van der Waals surface area (Å²) in [5.41, 5.74) is 2.10. The smallest absolute Gasteiger partial charge is 0.368 e. The third-order valence-electron chi connectivity index (χ3n) is 4.93. The fraction of sp³-hybridized carbons (Fsp3) is 0.381. The monoisotopic (exact) mass is 391 g/mol. The van der Waals surface area contributed by atoms with E-state index in [4.69, 9.17) is 0 Å². The van der Waals surface area contributed by atoms with Crippen molar-refractivity contribution in [3.05, 3.63) is 59.7 Å². The number of urea groups is 1. The van der Waals surface area contributed by atoms with E-state index in [2.05, 4.69) is 36.2 Å². The molecule has 0 saturated carbocycles. The van der Waals surface area contributed by atoms with Crippen molar-refractivity contribution in [3.63, 3.8) is 0 Å². The topological polar surface area (TPSA) is 35.6 Å². The maximum atomic E-state index is 12.6. The fourth-order valence-corrected chi connectivity index (χ4v) is 3.36. The van der Waals surface area contributed by atoms with E-state index in [0.29, 0.717) is 37.8 Å². The molecule has 1 fully saturated rings. The minimum absolute atomic E-state index is 0.295. The molecule has 3 rings (SSSR count). The van der Waals surface area contributed by atoms with Gasteiger partial charge in [-0.2, -0.15) is 13.2 Å². The van der Waals surface area contributed by atoms with Gasteiger partial charge in [0, 0.05) is 37.6 Å². The minimum atomic E-state index is -4.38. The molecular weight excluding hydrogens is 367 g/mol. The Bertz CT molecular complexity index is 810. The lowest BCUT2D eigenvalue weighted by atomic mass is 10.00. The third-order valence-corrected chi connectivity index (χ3v) is 4.93. The quantitative estimate of drug-likeness (QED) is 0.782. The summed E-state index contributed by atoms with van der Waals surface area (Å²) >= 11 is 0. The molecule has 4 nitrogen and oxygen atoms in total. The largest absolute Gasteiger partial charge is 0.416 e. The van der Waals surface area contributed by atoms with E-state index in [1.807, 2.05) is 12.1 Å². The molecule has 0 aliphatic carbocycles. The number of anilines is 2. The van der Waals surface area contributed by atoms with E-state index in [1.54, 1.807) is 4.90 Å². The van der Waals surface area contributed by atoms with Gasteiger partial charge in [0.15, 0.2) is 0 Å². The molecule has 28 heavy (non-hydrogen) atoms. The number of amides is 2. The van der Waals surface area contributed by atoms with Crippen LogP contribution in [-0.4, -0.2) is 37.1 Å². The highest BCUT2D eigenvalue weighted by molar-refractivity contribution is 5.89. The number of nitrogens with one attached hydrogen (secondary N) is 1. The number of hydrogen-bond acceptors (Lipinski definition) is 2. The van der Waals surface area contributed by atoms with Gasteiger partial charge in [0.2, 0.25) is 0 Å². The van der Waals surface area contributed by atoms with Gasteiger partial charge >= 0.3 is 12.2 Å². The Balaban J connectivity index is 1.58. The zero-order valence-corrected chi connectivity index (χ0v) is 16.0. The van der Waals surface area contributed by atoms with E-state index in [0.717, 1.165) is 12.1 Å². The van der Waals surface area contributed by atoms with Crippen molar-refractivity contribution >= 4 is 17.4 Å². The summed E-state index contributed by atoms with van der Waals surface area (Å²) in [4.78, 5) is 16.4. The lowest BCUT2D eigenvalue weighted by molar-refractivity contribution is -0.137. The third kappa shape index (κ3) is 4.58. The Morgan fingerprint density at radius 3 is 2.14 bits per heavy atom. The van der Waals surface area contributed by atoms with Crippen LogP contribution >= 0.6 is 0 Å². The highest BCUT2D eigenvalue weighted by atomic mass is 19.4. The molecule has 1 aliphatic rings. The number of hydrogen-bond donors (Lipinski definition) is 1. The number of halogens is 3. The molecule has 7 heteroatoms. The van der Waals surface area contributed by atoms with Gasteiger partial charge in [-0.3, -0.25) is 0 Å². The standard InChI is InChI=1S/C21H24F3N3O/c1-15(2)18-5-3-4-6-19(18)26-11-13-27(14-12-26)20(28)25-17-9-7-16(8-10-17)21(22,23)24/h3-10,15H,11-14H2,1-2H3,(H,25,28). The van der Waals surface area contributed by atoms with E-state index in [9.17, 15) is 18.0 Å². The molecule has 0 aromatic heterocycles. The van der Waals surface area contributed by atoms with Gasteiger partial charge in [-0.25, -0.2) is 4.79 Å². The first-order chi connectivity index (χ1) is 13.3. The molecule has 2 amide bonds. The van der Waals surface area contributed by atoms with Crippen molar-refractivity contribution in [3.8, 4) is 0 Å². The van der Waals surface area contributed by atoms with Crippen molar-refractivity contribution in [2.45, 2.75) is 25.9 Å². The maximum Gasteiger partial charge on any atom is 0.416 e. The molecule has 0 atom stereocenters. The van der Waals surface area contributed by atoms with Crippen LogP contribution in [-0.2, 0) is 6.18 Å². The second-order valence-corrected chi connectivity index (χ2v) is 7.19. The van der Waals surface area contributed by atoms with Crippen molar-refractivity contribution in [1.82, 2.24) is 4.90 Å². The van der Waals surface area contributed by atoms with E-state index in [-0.39, 0.29) is 6.03 Å². The van der Waals surface area contributed by atoms with Crippen LogP contribution in [0.4, 0.5) is 29.3 Å². The van der Waals surface area contributed by atoms with Gasteiger partial charge in [-0.15, -0.1) is 0 Å². The highest BCUT2D eigenvalue weighted by Crippen LogP contribution is 2.30. The first kappa shape index (κ1) is 20.0. The van der Waals surface area contributed by atoms with Crippen molar-refractivity contribution < 1.29 is 18.0 Å². The van der Waals surface area contributed by atoms with Crippen molar-refractivity contribution in [2.24, 2.45) is 0 Å². The Morgan fingerprint density at radius 2 is 1.57 bits per heavy atom. The van der Waals surface area contributed by atoms with Gasteiger partial charge in [0.1, 0.15) is 0 Å². The van der Waals surface area contributed by atoms with Gasteiger partial charge in [0.05, 0.1) is 5.56 Å². The molecule has 2 aromatic carbocycles. The second-order valence-electron chi connectivity index (χ2n) is 7.19. The molecule has 0 unspecified atom stereocenters. The van der Waals surface area contributed by atoms with Crippen molar-refractivity contribution in [1.29, 1.82) is 0 Å². The average Bonchev–Trinajstić information content (AvgIpc) is 2.68. The average molecular weight is 391 g/mol. The van der Waals surface area contributed by atoms with Gasteiger partial charge < -0.3 is 15.1 Å². The van der Waals surface area contributed by atoms with E-state index >= 15 is 0 Å². The molecule has 0 radical (unpaired) electrons. The number of piperazine rings is 1. The number of rotatable bonds is 3. The summed E-state index contributed by atoms with van der Waals surface area (Å²) in [6.45, 7) is 6.85. The lowest BCUT2D eigenvalue weighted by Gasteiger charge is -2.37. The summed E-state index contributed by atoms with van der Waals surface area (Å²) in [7, 11) is 0. The minimum Gasteiger partial charge on any atom is -0.368 e. The first-order valence-corrected chi connectivity index (χ1v) is 9.33. The molecule has 1 N–H and O–H groups in total. The molecule has 1 aliphatic heterocycles. The van der Waals surface area contributed by atoms with Gasteiger partial charge in [-0.1, -0.05) is 32.0 Å². The zero-order chi connectivity index (χ0) is 20.3. The predicted octanol–water partition coefficient (Wildman–Crippen LogP) is 5.18. The van der Waals surface area contributed by atoms with E-state index < -0.39 is 11.7 Å². The Morgan fingerprint density at radius 1 is 0.964 bits per heavy atom. The number of carbonyl (C=O) groups excluding carboxylic acids is 1. The van der Waals surface area contributed by atoms with Crippen LogP contribution in [0.15, 0.2) is 48.5 Å². The van der Waals surface area contributed by atoms with Crippen LogP contribution in [0.5, 0.6) is 0 Å². The Kier molecular flexibility index (Phi) is 5.82. The van der Waals surface area contributed by atoms with Crippen LogP contribution in [0.25, 0.3) is 0 Å². The molecule has 150 valence electrons. The van der Waals surface area contributed by atoms with Crippen LogP contribution in [0.1, 0.15) is 30.9 Å². The SMILES string of the molecule is CC(C)c1ccccc1N1CCN(C(=O)Nc2ccc(C(F)(F)F)cc2)CC1. The van der Waals surface area contributed by atoms with Crippen molar-refractivity contribution in [2.75, 3.05) is 36.4 Å². The molecular formula is C21H24F3N3O. The number of alkyl halides is 3. The molecule has 0 spiro atoms. The molecule has 0 bridgehead atoms. The van der Waals surface area contributed by atoms with Crippen LogP contribution in [0.3, 0.4) is 0 Å². The maximum absolute atomic E-state index is 12.6. The Labute approximate surface area is 162 Å². The molecule has 1 heterocycles. The van der Waals surface area contributed by atoms with Gasteiger partial charge in [-0.05, 0) is 41.8 Å². The molecule has 1 saturated heterocycles. The summed E-state index contributed by atoms with van der Waals surface area (Å²) in [6.07, 6.45) is -4.38. The normalized spacial score (nSPS) is 15.1. The predicted molar refractivity (Wildman–Crippen MR) is 105 cm³/mol.